The number of Topliss-reactive ketones (excluding diaryl/α,β-unsaturated/α-hetero) is 1. The summed E-state index contributed by atoms with van der Waals surface area (Å²) < 4.78 is 5.78. The van der Waals surface area contributed by atoms with Crippen LogP contribution in [0.25, 0.3) is 11.3 Å². The Morgan fingerprint density at radius 3 is 2.88 bits per heavy atom. The average molecular weight is 428 g/mol. The first-order valence-corrected chi connectivity index (χ1v) is 10.8. The summed E-state index contributed by atoms with van der Waals surface area (Å²) in [5, 5.41) is 12.0. The second-order valence-electron chi connectivity index (χ2n) is 7.86. The van der Waals surface area contributed by atoms with E-state index in [1.807, 2.05) is 42.6 Å². The molecule has 0 radical (unpaired) electrons. The van der Waals surface area contributed by atoms with Crippen LogP contribution in [0.3, 0.4) is 0 Å². The van der Waals surface area contributed by atoms with Crippen molar-refractivity contribution in [2.45, 2.75) is 38.5 Å². The van der Waals surface area contributed by atoms with Gasteiger partial charge in [-0.3, -0.25) is 9.78 Å². The van der Waals surface area contributed by atoms with E-state index in [4.69, 9.17) is 10.00 Å². The maximum Gasteiger partial charge on any atom is 0.162 e. The number of aromatic nitrogens is 3. The van der Waals surface area contributed by atoms with Gasteiger partial charge in [-0.25, -0.2) is 9.97 Å². The van der Waals surface area contributed by atoms with E-state index in [2.05, 4.69) is 33.3 Å². The number of pyridine rings is 1. The third kappa shape index (κ3) is 4.92. The van der Waals surface area contributed by atoms with Gasteiger partial charge in [0.05, 0.1) is 24.1 Å². The number of carbonyl (C=O) groups is 1. The summed E-state index contributed by atoms with van der Waals surface area (Å²) in [6.07, 6.45) is 5.62. The zero-order chi connectivity index (χ0) is 22.3. The molecule has 7 heteroatoms. The normalized spacial score (nSPS) is 13.0. The van der Waals surface area contributed by atoms with Crippen LogP contribution in [0.4, 0.5) is 5.82 Å². The van der Waals surface area contributed by atoms with E-state index in [0.717, 1.165) is 40.5 Å². The molecular weight excluding hydrogens is 402 g/mol. The van der Waals surface area contributed by atoms with Gasteiger partial charge in [-0.2, -0.15) is 5.26 Å². The van der Waals surface area contributed by atoms with Crippen molar-refractivity contribution in [3.05, 3.63) is 65.7 Å². The molecule has 0 saturated carbocycles. The number of carbonyl (C=O) groups excluding carboxylic acids is 1. The lowest BCUT2D eigenvalue weighted by Crippen LogP contribution is -2.12. The molecule has 0 aliphatic carbocycles. The minimum absolute atomic E-state index is 0.0532. The topological polar surface area (TPSA) is 101 Å². The molecule has 0 amide bonds. The zero-order valence-corrected chi connectivity index (χ0v) is 18.0. The molecule has 1 N–H and O–H groups in total. The third-order valence-corrected chi connectivity index (χ3v) is 5.58. The summed E-state index contributed by atoms with van der Waals surface area (Å²) in [7, 11) is 0. The van der Waals surface area contributed by atoms with Gasteiger partial charge >= 0.3 is 0 Å². The zero-order valence-electron chi connectivity index (χ0n) is 18.0. The van der Waals surface area contributed by atoms with Gasteiger partial charge < -0.3 is 10.1 Å². The van der Waals surface area contributed by atoms with Gasteiger partial charge in [0.1, 0.15) is 17.9 Å². The fourth-order valence-corrected chi connectivity index (χ4v) is 3.77. The molecule has 1 atom stereocenters. The molecule has 0 unspecified atom stereocenters. The summed E-state index contributed by atoms with van der Waals surface area (Å²) >= 11 is 0. The van der Waals surface area contributed by atoms with Gasteiger partial charge in [0.2, 0.25) is 0 Å². The van der Waals surface area contributed by atoms with Crippen LogP contribution in [0.15, 0.2) is 48.9 Å². The van der Waals surface area contributed by atoms with Crippen molar-refractivity contribution in [3.8, 4) is 23.1 Å². The molecule has 32 heavy (non-hydrogen) atoms. The highest BCUT2D eigenvalue weighted by atomic mass is 16.5. The second kappa shape index (κ2) is 10.0. The van der Waals surface area contributed by atoms with Crippen molar-refractivity contribution in [3.63, 3.8) is 0 Å². The first-order chi connectivity index (χ1) is 15.7. The molecule has 3 heterocycles. The number of unbranched alkanes of at least 4 members (excludes halogenated alkanes) is 1. The number of anilines is 1. The first kappa shape index (κ1) is 21.4. The molecule has 2 aromatic heterocycles. The first-order valence-electron chi connectivity index (χ1n) is 10.8. The van der Waals surface area contributed by atoms with E-state index in [9.17, 15) is 4.79 Å². The fraction of sp³-hybridized carbons (Fsp3) is 0.320. The lowest BCUT2D eigenvalue weighted by atomic mass is 10.00. The maximum atomic E-state index is 12.2. The van der Waals surface area contributed by atoms with Crippen LogP contribution in [0.5, 0.6) is 5.75 Å². The Labute approximate surface area is 187 Å². The summed E-state index contributed by atoms with van der Waals surface area (Å²) in [5.41, 5.74) is 4.54. The van der Waals surface area contributed by atoms with Crippen LogP contribution < -0.4 is 10.1 Å². The Kier molecular flexibility index (Phi) is 6.71. The molecule has 1 aliphatic heterocycles. The lowest BCUT2D eigenvalue weighted by Gasteiger charge is -2.16. The number of nitrogens with one attached hydrogen (secondary N) is 1. The van der Waals surface area contributed by atoms with Crippen molar-refractivity contribution < 1.29 is 9.53 Å². The summed E-state index contributed by atoms with van der Waals surface area (Å²) in [6.45, 7) is 3.55. The Balaban J connectivity index is 1.40. The molecule has 0 spiro atoms. The summed E-state index contributed by atoms with van der Waals surface area (Å²) in [5.74, 6) is 1.95. The van der Waals surface area contributed by atoms with Crippen LogP contribution in [0, 0.1) is 11.3 Å². The van der Waals surface area contributed by atoms with E-state index < -0.39 is 0 Å². The van der Waals surface area contributed by atoms with Crippen LogP contribution >= 0.6 is 0 Å². The Hall–Kier alpha value is -3.79. The molecule has 7 nitrogen and oxygen atoms in total. The minimum atomic E-state index is 0.0532. The number of hydrogen-bond donors (Lipinski definition) is 1. The minimum Gasteiger partial charge on any atom is -0.491 e. The monoisotopic (exact) mass is 427 g/mol. The number of ether oxygens (including phenoxy) is 1. The standard InChI is InChI=1S/C25H25N5O2/c1-17(20-9-12-27-21-10-13-32-25(20)21)15-28-24-14-22(29-16-30-24)18-5-7-19(8-6-18)23(31)4-2-3-11-26/h5-9,12,14,16-17H,2-4,10,13,15H2,1H3,(H,28,29,30)/t17-/m1/s1. The molecule has 1 aliphatic rings. The van der Waals surface area contributed by atoms with E-state index in [1.165, 1.54) is 6.33 Å². The van der Waals surface area contributed by atoms with Crippen molar-refractivity contribution in [1.82, 2.24) is 15.0 Å². The Morgan fingerprint density at radius 1 is 1.22 bits per heavy atom. The smallest absolute Gasteiger partial charge is 0.162 e. The number of ketones is 1. The third-order valence-electron chi connectivity index (χ3n) is 5.58. The van der Waals surface area contributed by atoms with Crippen LogP contribution in [-0.4, -0.2) is 33.9 Å². The van der Waals surface area contributed by atoms with Crippen molar-refractivity contribution in [1.29, 1.82) is 5.26 Å². The molecule has 0 saturated heterocycles. The molecule has 4 rings (SSSR count). The molecule has 3 aromatic rings. The second-order valence-corrected chi connectivity index (χ2v) is 7.86. The molecule has 0 fully saturated rings. The SMILES string of the molecule is C[C@H](CNc1cc(-c2ccc(C(=O)CCCC#N)cc2)ncn1)c1ccnc2c1OCC2. The van der Waals surface area contributed by atoms with Crippen LogP contribution in [0.1, 0.15) is 53.7 Å². The number of nitriles is 1. The lowest BCUT2D eigenvalue weighted by molar-refractivity contribution is 0.0980. The highest BCUT2D eigenvalue weighted by Gasteiger charge is 2.20. The predicted octanol–water partition coefficient (Wildman–Crippen LogP) is 4.57. The number of hydrogen-bond acceptors (Lipinski definition) is 7. The number of fused-ring (bicyclic) bond motifs is 1. The highest BCUT2D eigenvalue weighted by Crippen LogP contribution is 2.33. The molecular formula is C25H25N5O2. The average Bonchev–Trinajstić information content (AvgIpc) is 3.32. The maximum absolute atomic E-state index is 12.2. The molecule has 162 valence electrons. The summed E-state index contributed by atoms with van der Waals surface area (Å²) in [6, 6.07) is 13.4. The quantitative estimate of drug-likeness (QED) is 0.394. The van der Waals surface area contributed by atoms with Gasteiger partial charge in [-0.15, -0.1) is 0 Å². The van der Waals surface area contributed by atoms with Gasteiger partial charge in [0, 0.05) is 60.7 Å². The van der Waals surface area contributed by atoms with E-state index >= 15 is 0 Å². The van der Waals surface area contributed by atoms with Crippen LogP contribution in [0.2, 0.25) is 0 Å². The number of nitrogens with zero attached hydrogens (tertiary/aromatic N) is 4. The Bertz CT molecular complexity index is 1140. The predicted molar refractivity (Wildman–Crippen MR) is 122 cm³/mol. The number of rotatable bonds is 9. The van der Waals surface area contributed by atoms with Gasteiger partial charge in [-0.05, 0) is 12.5 Å². The van der Waals surface area contributed by atoms with E-state index in [-0.39, 0.29) is 11.7 Å². The van der Waals surface area contributed by atoms with Gasteiger partial charge in [-0.1, -0.05) is 31.2 Å². The Morgan fingerprint density at radius 2 is 2.06 bits per heavy atom. The van der Waals surface area contributed by atoms with Crippen molar-refractivity contribution in [2.24, 2.45) is 0 Å². The van der Waals surface area contributed by atoms with Crippen molar-refractivity contribution >= 4 is 11.6 Å². The van der Waals surface area contributed by atoms with Crippen LogP contribution in [-0.2, 0) is 6.42 Å². The van der Waals surface area contributed by atoms with E-state index in [0.29, 0.717) is 38.0 Å². The van der Waals surface area contributed by atoms with Gasteiger partial charge in [0.25, 0.3) is 0 Å². The molecule has 0 bridgehead atoms. The fourth-order valence-electron chi connectivity index (χ4n) is 3.77. The highest BCUT2D eigenvalue weighted by molar-refractivity contribution is 5.96. The largest absolute Gasteiger partial charge is 0.491 e. The van der Waals surface area contributed by atoms with E-state index in [1.54, 1.807) is 0 Å². The van der Waals surface area contributed by atoms with Gasteiger partial charge in [0.15, 0.2) is 5.78 Å². The van der Waals surface area contributed by atoms with Crippen molar-refractivity contribution in [2.75, 3.05) is 18.5 Å². The molecule has 1 aromatic carbocycles. The number of benzene rings is 1. The summed E-state index contributed by atoms with van der Waals surface area (Å²) in [4.78, 5) is 25.3.